The van der Waals surface area contributed by atoms with Crippen molar-refractivity contribution in [2.75, 3.05) is 0 Å². The van der Waals surface area contributed by atoms with Crippen LogP contribution in [0, 0.1) is 0 Å². The maximum atomic E-state index is 11.3. The molecule has 0 fully saturated rings. The smallest absolute Gasteiger partial charge is 0.253 e. The van der Waals surface area contributed by atoms with E-state index in [4.69, 9.17) is 23.2 Å². The Balaban J connectivity index is 2.18. The average molecular weight is 256 g/mol. The van der Waals surface area contributed by atoms with Crippen molar-refractivity contribution in [3.63, 3.8) is 0 Å². The molecule has 0 N–H and O–H groups in total. The third-order valence-electron chi connectivity index (χ3n) is 2.23. The topological polar surface area (TPSA) is 37.4 Å². The van der Waals surface area contributed by atoms with Crippen LogP contribution in [0.15, 0.2) is 30.4 Å². The SMILES string of the molecule is O=C1C=CC(=O)N1Cc1ccc(Cl)c(Cl)c1. The molecular weight excluding hydrogens is 249 g/mol. The zero-order chi connectivity index (χ0) is 11.7. The highest BCUT2D eigenvalue weighted by atomic mass is 35.5. The molecule has 82 valence electrons. The van der Waals surface area contributed by atoms with Crippen molar-refractivity contribution < 1.29 is 9.59 Å². The fourth-order valence-corrected chi connectivity index (χ4v) is 1.73. The Morgan fingerprint density at radius 2 is 1.62 bits per heavy atom. The first-order valence-corrected chi connectivity index (χ1v) is 5.31. The standard InChI is InChI=1S/C11H7Cl2NO2/c12-8-2-1-7(5-9(8)13)6-14-10(15)3-4-11(14)16/h1-5H,6H2. The largest absolute Gasteiger partial charge is 0.271 e. The second kappa shape index (κ2) is 4.28. The van der Waals surface area contributed by atoms with Crippen molar-refractivity contribution in [3.05, 3.63) is 46.0 Å². The van der Waals surface area contributed by atoms with Crippen LogP contribution >= 0.6 is 23.2 Å². The van der Waals surface area contributed by atoms with Gasteiger partial charge >= 0.3 is 0 Å². The number of nitrogens with zero attached hydrogens (tertiary/aromatic N) is 1. The summed E-state index contributed by atoms with van der Waals surface area (Å²) in [7, 11) is 0. The Morgan fingerprint density at radius 1 is 1.00 bits per heavy atom. The second-order valence-electron chi connectivity index (χ2n) is 3.34. The third-order valence-corrected chi connectivity index (χ3v) is 2.96. The Labute approximate surface area is 102 Å². The molecule has 0 aliphatic carbocycles. The lowest BCUT2D eigenvalue weighted by atomic mass is 10.2. The minimum Gasteiger partial charge on any atom is -0.271 e. The zero-order valence-corrected chi connectivity index (χ0v) is 9.63. The van der Waals surface area contributed by atoms with E-state index in [9.17, 15) is 9.59 Å². The van der Waals surface area contributed by atoms with Gasteiger partial charge in [0.15, 0.2) is 0 Å². The number of hydrogen-bond donors (Lipinski definition) is 0. The molecule has 1 heterocycles. The molecule has 0 spiro atoms. The summed E-state index contributed by atoms with van der Waals surface area (Å²) >= 11 is 11.6. The van der Waals surface area contributed by atoms with Gasteiger partial charge in [-0.25, -0.2) is 0 Å². The number of benzene rings is 1. The summed E-state index contributed by atoms with van der Waals surface area (Å²) in [5.74, 6) is -0.618. The van der Waals surface area contributed by atoms with Gasteiger partial charge in [-0.05, 0) is 17.7 Å². The Morgan fingerprint density at radius 3 is 2.19 bits per heavy atom. The first-order valence-electron chi connectivity index (χ1n) is 4.55. The molecular formula is C11H7Cl2NO2. The monoisotopic (exact) mass is 255 g/mol. The van der Waals surface area contributed by atoms with Crippen LogP contribution < -0.4 is 0 Å². The van der Waals surface area contributed by atoms with Gasteiger partial charge in [-0.15, -0.1) is 0 Å². The lowest BCUT2D eigenvalue weighted by Gasteiger charge is -2.13. The van der Waals surface area contributed by atoms with Gasteiger partial charge in [0, 0.05) is 12.2 Å². The van der Waals surface area contributed by atoms with Crippen LogP contribution in [0.25, 0.3) is 0 Å². The van der Waals surface area contributed by atoms with Crippen molar-refractivity contribution in [2.24, 2.45) is 0 Å². The molecule has 16 heavy (non-hydrogen) atoms. The van der Waals surface area contributed by atoms with E-state index in [0.717, 1.165) is 10.5 Å². The first-order chi connectivity index (χ1) is 7.58. The molecule has 3 nitrogen and oxygen atoms in total. The summed E-state index contributed by atoms with van der Waals surface area (Å²) in [6.45, 7) is 0.210. The van der Waals surface area contributed by atoms with Gasteiger partial charge in [0.25, 0.3) is 11.8 Å². The Kier molecular flexibility index (Phi) is 2.99. The molecule has 0 saturated carbocycles. The maximum Gasteiger partial charge on any atom is 0.253 e. The van der Waals surface area contributed by atoms with Crippen LogP contribution in [-0.2, 0) is 16.1 Å². The van der Waals surface area contributed by atoms with Crippen molar-refractivity contribution in [1.82, 2.24) is 4.90 Å². The summed E-state index contributed by atoms with van der Waals surface area (Å²) in [6.07, 6.45) is 2.50. The zero-order valence-electron chi connectivity index (χ0n) is 8.11. The van der Waals surface area contributed by atoms with Gasteiger partial charge in [0.1, 0.15) is 0 Å². The molecule has 2 amide bonds. The van der Waals surface area contributed by atoms with Crippen LogP contribution in [0.2, 0.25) is 10.0 Å². The molecule has 2 rings (SSSR count). The van der Waals surface area contributed by atoms with Crippen LogP contribution in [0.5, 0.6) is 0 Å². The fourth-order valence-electron chi connectivity index (χ4n) is 1.41. The van der Waals surface area contributed by atoms with Gasteiger partial charge in [0.2, 0.25) is 0 Å². The summed E-state index contributed by atoms with van der Waals surface area (Å²) < 4.78 is 0. The van der Waals surface area contributed by atoms with Crippen LogP contribution in [-0.4, -0.2) is 16.7 Å². The Hall–Kier alpha value is -1.32. The van der Waals surface area contributed by atoms with Gasteiger partial charge in [0.05, 0.1) is 16.6 Å². The van der Waals surface area contributed by atoms with E-state index in [0.29, 0.717) is 10.0 Å². The predicted octanol–water partition coefficient (Wildman–Crippen LogP) is 2.42. The summed E-state index contributed by atoms with van der Waals surface area (Å²) in [5, 5.41) is 0.855. The maximum absolute atomic E-state index is 11.3. The molecule has 1 aromatic carbocycles. The first kappa shape index (κ1) is 11.2. The van der Waals surface area contributed by atoms with Gasteiger partial charge in [-0.3, -0.25) is 14.5 Å². The molecule has 0 atom stereocenters. The molecule has 0 bridgehead atoms. The summed E-state index contributed by atoms with van der Waals surface area (Å²) in [5.41, 5.74) is 0.764. The van der Waals surface area contributed by atoms with Crippen molar-refractivity contribution in [1.29, 1.82) is 0 Å². The number of carbonyl (C=O) groups excluding carboxylic acids is 2. The van der Waals surface area contributed by atoms with Gasteiger partial charge in [-0.2, -0.15) is 0 Å². The summed E-state index contributed by atoms with van der Waals surface area (Å²) in [6, 6.07) is 5.01. The molecule has 0 unspecified atom stereocenters. The minimum absolute atomic E-state index is 0.210. The highest BCUT2D eigenvalue weighted by molar-refractivity contribution is 6.42. The molecule has 5 heteroatoms. The number of imide groups is 1. The van der Waals surface area contributed by atoms with Crippen LogP contribution in [0.3, 0.4) is 0 Å². The quantitative estimate of drug-likeness (QED) is 0.762. The van der Waals surface area contributed by atoms with Crippen LogP contribution in [0.1, 0.15) is 5.56 Å². The summed E-state index contributed by atoms with van der Waals surface area (Å²) in [4.78, 5) is 23.7. The van der Waals surface area contributed by atoms with E-state index in [-0.39, 0.29) is 18.4 Å². The molecule has 0 saturated heterocycles. The average Bonchev–Trinajstić information content (AvgIpc) is 2.55. The van der Waals surface area contributed by atoms with E-state index in [1.165, 1.54) is 12.2 Å². The van der Waals surface area contributed by atoms with Crippen molar-refractivity contribution >= 4 is 35.0 Å². The molecule has 0 radical (unpaired) electrons. The lowest BCUT2D eigenvalue weighted by Crippen LogP contribution is -2.29. The number of rotatable bonds is 2. The lowest BCUT2D eigenvalue weighted by molar-refractivity contribution is -0.137. The van der Waals surface area contributed by atoms with E-state index < -0.39 is 0 Å². The van der Waals surface area contributed by atoms with E-state index in [2.05, 4.69) is 0 Å². The highest BCUT2D eigenvalue weighted by Gasteiger charge is 2.23. The van der Waals surface area contributed by atoms with Crippen molar-refractivity contribution in [2.45, 2.75) is 6.54 Å². The second-order valence-corrected chi connectivity index (χ2v) is 4.16. The number of halogens is 2. The van der Waals surface area contributed by atoms with Crippen molar-refractivity contribution in [3.8, 4) is 0 Å². The van der Waals surface area contributed by atoms with Gasteiger partial charge < -0.3 is 0 Å². The molecule has 1 aliphatic rings. The number of amides is 2. The van der Waals surface area contributed by atoms with Crippen LogP contribution in [0.4, 0.5) is 0 Å². The minimum atomic E-state index is -0.309. The van der Waals surface area contributed by atoms with E-state index in [1.54, 1.807) is 18.2 Å². The van der Waals surface area contributed by atoms with Gasteiger partial charge in [-0.1, -0.05) is 29.3 Å². The molecule has 1 aliphatic heterocycles. The Bertz CT molecular complexity index is 479. The fraction of sp³-hybridized carbons (Fsp3) is 0.0909. The van der Waals surface area contributed by atoms with E-state index >= 15 is 0 Å². The molecule has 0 aromatic heterocycles. The number of carbonyl (C=O) groups is 2. The third kappa shape index (κ3) is 2.10. The molecule has 1 aromatic rings. The van der Waals surface area contributed by atoms with E-state index in [1.807, 2.05) is 0 Å². The highest BCUT2D eigenvalue weighted by Crippen LogP contribution is 2.23. The normalized spacial score (nSPS) is 15.0. The number of hydrogen-bond acceptors (Lipinski definition) is 2. The predicted molar refractivity (Wildman–Crippen MR) is 61.2 cm³/mol.